The molecular weight excluding hydrogens is 300 g/mol. The molecule has 0 unspecified atom stereocenters. The topological polar surface area (TPSA) is 89.9 Å². The molecule has 0 atom stereocenters. The van der Waals surface area contributed by atoms with Gasteiger partial charge in [0.25, 0.3) is 10.0 Å². The van der Waals surface area contributed by atoms with Gasteiger partial charge in [0.05, 0.1) is 12.2 Å². The molecule has 0 saturated carbocycles. The Morgan fingerprint density at radius 3 is 2.95 bits per heavy atom. The van der Waals surface area contributed by atoms with E-state index in [4.69, 9.17) is 10.5 Å². The van der Waals surface area contributed by atoms with Crippen LogP contribution in [0.2, 0.25) is 0 Å². The highest BCUT2D eigenvalue weighted by atomic mass is 32.2. The Hall–Kier alpha value is -1.16. The number of nitrogens with zero attached hydrogens (tertiary/aromatic N) is 3. The van der Waals surface area contributed by atoms with Crippen LogP contribution in [0.3, 0.4) is 0 Å². The lowest BCUT2D eigenvalue weighted by molar-refractivity contribution is -0.0640. The molecule has 3 rings (SSSR count). The molecule has 1 aliphatic heterocycles. The average Bonchev–Trinajstić information content (AvgIpc) is 2.86. The van der Waals surface area contributed by atoms with E-state index in [-0.39, 0.29) is 10.8 Å². The van der Waals surface area contributed by atoms with E-state index in [1.165, 1.54) is 20.0 Å². The van der Waals surface area contributed by atoms with Crippen LogP contribution in [-0.4, -0.2) is 47.4 Å². The summed E-state index contributed by atoms with van der Waals surface area (Å²) in [7, 11) is -3.68. The lowest BCUT2D eigenvalue weighted by atomic mass is 10.1. The van der Waals surface area contributed by atoms with Gasteiger partial charge >= 0.3 is 0 Å². The second kappa shape index (κ2) is 4.42. The molecule has 0 aliphatic carbocycles. The Morgan fingerprint density at radius 1 is 1.50 bits per heavy atom. The van der Waals surface area contributed by atoms with Crippen molar-refractivity contribution in [2.75, 3.05) is 25.4 Å². The minimum Gasteiger partial charge on any atom is -0.381 e. The van der Waals surface area contributed by atoms with Crippen molar-refractivity contribution in [1.82, 2.24) is 13.7 Å². The number of nitrogen functional groups attached to an aromatic ring is 1. The van der Waals surface area contributed by atoms with E-state index in [0.29, 0.717) is 24.7 Å². The largest absolute Gasteiger partial charge is 0.381 e. The molecule has 0 bridgehead atoms. The van der Waals surface area contributed by atoms with Crippen molar-refractivity contribution in [3.63, 3.8) is 0 Å². The molecule has 20 heavy (non-hydrogen) atoms. The van der Waals surface area contributed by atoms with E-state index < -0.39 is 15.6 Å². The van der Waals surface area contributed by atoms with Gasteiger partial charge in [-0.25, -0.2) is 13.4 Å². The highest BCUT2D eigenvalue weighted by molar-refractivity contribution is 7.89. The van der Waals surface area contributed by atoms with Crippen molar-refractivity contribution in [2.24, 2.45) is 0 Å². The third-order valence-corrected chi connectivity index (χ3v) is 5.86. The summed E-state index contributed by atoms with van der Waals surface area (Å²) in [5, 5.41) is 1.83. The quantitative estimate of drug-likeness (QED) is 0.884. The van der Waals surface area contributed by atoms with Gasteiger partial charge in [0.2, 0.25) is 0 Å². The van der Waals surface area contributed by atoms with Crippen LogP contribution in [0.25, 0.3) is 4.96 Å². The molecule has 0 spiro atoms. The highest BCUT2D eigenvalue weighted by Crippen LogP contribution is 2.29. The first kappa shape index (κ1) is 13.8. The summed E-state index contributed by atoms with van der Waals surface area (Å²) in [6.07, 6.45) is 1.67. The van der Waals surface area contributed by atoms with Crippen molar-refractivity contribution in [1.29, 1.82) is 0 Å². The first-order chi connectivity index (χ1) is 9.31. The number of sulfonamides is 1. The van der Waals surface area contributed by atoms with Gasteiger partial charge < -0.3 is 10.5 Å². The molecule has 110 valence electrons. The molecule has 1 aliphatic rings. The lowest BCUT2D eigenvalue weighted by Crippen LogP contribution is -2.50. The summed E-state index contributed by atoms with van der Waals surface area (Å²) >= 11 is 1.35. The van der Waals surface area contributed by atoms with Gasteiger partial charge in [0, 0.05) is 24.7 Å². The summed E-state index contributed by atoms with van der Waals surface area (Å²) in [6, 6.07) is 0. The number of fused-ring (bicyclic) bond motifs is 1. The predicted molar refractivity (Wildman–Crippen MR) is 76.3 cm³/mol. The first-order valence-corrected chi connectivity index (χ1v) is 8.48. The van der Waals surface area contributed by atoms with Crippen LogP contribution >= 0.6 is 11.3 Å². The lowest BCUT2D eigenvalue weighted by Gasteiger charge is -2.37. The second-order valence-corrected chi connectivity index (χ2v) is 8.03. The third-order valence-electron chi connectivity index (χ3n) is 3.22. The standard InChI is InChI=1S/C11H16N4O3S2/c1-11(2)7-14(3-5-18-11)20(16,17)9-8(12)13-10-15(9)4-6-19-10/h4,6H,3,5,7,12H2,1-2H3. The van der Waals surface area contributed by atoms with Crippen LogP contribution in [0.5, 0.6) is 0 Å². The van der Waals surface area contributed by atoms with E-state index >= 15 is 0 Å². The Morgan fingerprint density at radius 2 is 2.25 bits per heavy atom. The molecule has 2 aromatic heterocycles. The summed E-state index contributed by atoms with van der Waals surface area (Å²) in [5.41, 5.74) is 5.29. The van der Waals surface area contributed by atoms with Crippen LogP contribution in [-0.2, 0) is 14.8 Å². The maximum atomic E-state index is 12.8. The Balaban J connectivity index is 2.08. The maximum absolute atomic E-state index is 12.8. The van der Waals surface area contributed by atoms with Gasteiger partial charge in [-0.05, 0) is 13.8 Å². The second-order valence-electron chi connectivity index (χ2n) is 5.30. The van der Waals surface area contributed by atoms with Gasteiger partial charge in [-0.3, -0.25) is 4.40 Å². The fourth-order valence-electron chi connectivity index (χ4n) is 2.34. The number of hydrogen-bond acceptors (Lipinski definition) is 6. The van der Waals surface area contributed by atoms with Crippen molar-refractivity contribution in [2.45, 2.75) is 24.5 Å². The number of nitrogens with two attached hydrogens (primary N) is 1. The fraction of sp³-hybridized carbons (Fsp3) is 0.545. The predicted octanol–water partition coefficient (Wildman–Crippen LogP) is 0.778. The summed E-state index contributed by atoms with van der Waals surface area (Å²) in [5.74, 6) is 0.0427. The molecule has 1 saturated heterocycles. The minimum atomic E-state index is -3.68. The molecule has 0 radical (unpaired) electrons. The van der Waals surface area contributed by atoms with Gasteiger partial charge in [0.15, 0.2) is 15.8 Å². The summed E-state index contributed by atoms with van der Waals surface area (Å²) in [6.45, 7) is 4.73. The van der Waals surface area contributed by atoms with E-state index in [1.807, 2.05) is 13.8 Å². The zero-order valence-corrected chi connectivity index (χ0v) is 12.9. The van der Waals surface area contributed by atoms with Crippen LogP contribution < -0.4 is 5.73 Å². The average molecular weight is 316 g/mol. The monoisotopic (exact) mass is 316 g/mol. The number of hydrogen-bond donors (Lipinski definition) is 1. The molecule has 1 fully saturated rings. The Bertz CT molecular complexity index is 747. The summed E-state index contributed by atoms with van der Waals surface area (Å²) in [4.78, 5) is 4.67. The van der Waals surface area contributed by atoms with Crippen molar-refractivity contribution in [3.05, 3.63) is 11.6 Å². The fourth-order valence-corrected chi connectivity index (χ4v) is 4.86. The molecule has 0 amide bonds. The molecule has 2 aromatic rings. The van der Waals surface area contributed by atoms with Crippen LogP contribution in [0, 0.1) is 0 Å². The number of rotatable bonds is 2. The van der Waals surface area contributed by atoms with Crippen LogP contribution in [0.1, 0.15) is 13.8 Å². The van der Waals surface area contributed by atoms with E-state index in [0.717, 1.165) is 0 Å². The SMILES string of the molecule is CC1(C)CN(S(=O)(=O)c2c(N)nc3sccn23)CCO1. The normalized spacial score (nSPS) is 20.5. The number of anilines is 1. The minimum absolute atomic E-state index is 0.0427. The smallest absolute Gasteiger partial charge is 0.263 e. The number of ether oxygens (including phenoxy) is 1. The van der Waals surface area contributed by atoms with Crippen molar-refractivity contribution in [3.8, 4) is 0 Å². The van der Waals surface area contributed by atoms with Crippen LogP contribution in [0.4, 0.5) is 5.82 Å². The number of imidazole rings is 1. The summed E-state index contributed by atoms with van der Waals surface area (Å²) < 4.78 is 34.1. The number of thiazole rings is 1. The molecule has 2 N–H and O–H groups in total. The van der Waals surface area contributed by atoms with Crippen molar-refractivity contribution >= 4 is 32.1 Å². The Kier molecular flexibility index (Phi) is 3.05. The molecule has 9 heteroatoms. The zero-order chi connectivity index (χ0) is 14.5. The first-order valence-electron chi connectivity index (χ1n) is 6.16. The van der Waals surface area contributed by atoms with Gasteiger partial charge in [-0.15, -0.1) is 11.3 Å². The number of aromatic nitrogens is 2. The van der Waals surface area contributed by atoms with Crippen LogP contribution in [0.15, 0.2) is 16.6 Å². The zero-order valence-electron chi connectivity index (χ0n) is 11.2. The van der Waals surface area contributed by atoms with Gasteiger partial charge in [0.1, 0.15) is 0 Å². The third kappa shape index (κ3) is 2.10. The van der Waals surface area contributed by atoms with E-state index in [1.54, 1.807) is 11.6 Å². The van der Waals surface area contributed by atoms with E-state index in [9.17, 15) is 8.42 Å². The van der Waals surface area contributed by atoms with Gasteiger partial charge in [-0.1, -0.05) is 0 Å². The Labute approximate surface area is 121 Å². The maximum Gasteiger partial charge on any atom is 0.263 e. The van der Waals surface area contributed by atoms with Crippen molar-refractivity contribution < 1.29 is 13.2 Å². The van der Waals surface area contributed by atoms with E-state index in [2.05, 4.69) is 4.98 Å². The van der Waals surface area contributed by atoms with Gasteiger partial charge in [-0.2, -0.15) is 4.31 Å². The molecule has 3 heterocycles. The number of morpholine rings is 1. The molecular formula is C11H16N4O3S2. The molecule has 0 aromatic carbocycles. The molecule has 7 nitrogen and oxygen atoms in total. The highest BCUT2D eigenvalue weighted by Gasteiger charge is 2.37.